The molecular weight excluding hydrogens is 391 g/mol. The van der Waals surface area contributed by atoms with Gasteiger partial charge in [0.2, 0.25) is 5.91 Å². The van der Waals surface area contributed by atoms with Gasteiger partial charge in [-0.2, -0.15) is 0 Å². The van der Waals surface area contributed by atoms with Gasteiger partial charge in [-0.3, -0.25) is 9.59 Å². The first kappa shape index (κ1) is 21.5. The lowest BCUT2D eigenvalue weighted by atomic mass is 9.94. The third-order valence-corrected chi connectivity index (χ3v) is 6.08. The number of nitrogens with one attached hydrogen (secondary N) is 1. The second-order valence-corrected chi connectivity index (χ2v) is 8.21. The van der Waals surface area contributed by atoms with Gasteiger partial charge in [-0.1, -0.05) is 37.5 Å². The fourth-order valence-corrected chi connectivity index (χ4v) is 4.40. The second-order valence-electron chi connectivity index (χ2n) is 7.27. The van der Waals surface area contributed by atoms with Crippen LogP contribution in [0.25, 0.3) is 0 Å². The molecule has 0 bridgehead atoms. The van der Waals surface area contributed by atoms with E-state index in [1.165, 1.54) is 34.8 Å². The van der Waals surface area contributed by atoms with Gasteiger partial charge in [0, 0.05) is 19.7 Å². The van der Waals surface area contributed by atoms with Crippen LogP contribution in [0.5, 0.6) is 0 Å². The standard InChI is InChI=1S/C22H27FN2O3S/c1-28-14-13-25(22(27)19-8-5-15-29-19)20(16-9-11-17(23)12-10-16)21(26)24-18-6-3-2-4-7-18/h5,8-12,15,18,20H,2-4,6-7,13-14H2,1H3,(H,24,26). The summed E-state index contributed by atoms with van der Waals surface area (Å²) in [6.07, 6.45) is 5.25. The van der Waals surface area contributed by atoms with Crippen molar-refractivity contribution >= 4 is 23.2 Å². The molecule has 3 rings (SSSR count). The number of methoxy groups -OCH3 is 1. The highest BCUT2D eigenvalue weighted by molar-refractivity contribution is 7.12. The molecule has 1 aromatic carbocycles. The van der Waals surface area contributed by atoms with Crippen molar-refractivity contribution in [3.8, 4) is 0 Å². The molecule has 1 N–H and O–H groups in total. The normalized spacial score (nSPS) is 15.7. The van der Waals surface area contributed by atoms with Gasteiger partial charge in [-0.25, -0.2) is 4.39 Å². The van der Waals surface area contributed by atoms with Crippen LogP contribution in [0.1, 0.15) is 53.4 Å². The van der Waals surface area contributed by atoms with Crippen molar-refractivity contribution in [2.75, 3.05) is 20.3 Å². The van der Waals surface area contributed by atoms with Crippen LogP contribution in [0.2, 0.25) is 0 Å². The van der Waals surface area contributed by atoms with Gasteiger partial charge in [0.1, 0.15) is 11.9 Å². The highest BCUT2D eigenvalue weighted by Crippen LogP contribution is 2.26. The number of hydrogen-bond acceptors (Lipinski definition) is 4. The zero-order chi connectivity index (χ0) is 20.6. The Morgan fingerprint density at radius 3 is 2.55 bits per heavy atom. The van der Waals surface area contributed by atoms with Crippen LogP contribution >= 0.6 is 11.3 Å². The lowest BCUT2D eigenvalue weighted by Gasteiger charge is -2.33. The average Bonchev–Trinajstić information content (AvgIpc) is 3.27. The Labute approximate surface area is 174 Å². The Kier molecular flexibility index (Phi) is 7.77. The molecular formula is C22H27FN2O3S. The van der Waals surface area contributed by atoms with Gasteiger partial charge >= 0.3 is 0 Å². The van der Waals surface area contributed by atoms with E-state index in [-0.39, 0.29) is 30.2 Å². The number of ether oxygens (including phenoxy) is 1. The summed E-state index contributed by atoms with van der Waals surface area (Å²) in [5.41, 5.74) is 0.584. The first-order valence-corrected chi connectivity index (χ1v) is 10.9. The van der Waals surface area contributed by atoms with Gasteiger partial charge in [-0.05, 0) is 42.0 Å². The maximum absolute atomic E-state index is 13.5. The highest BCUT2D eigenvalue weighted by Gasteiger charge is 2.33. The Hall–Kier alpha value is -2.25. The van der Waals surface area contributed by atoms with E-state index in [1.807, 2.05) is 5.38 Å². The van der Waals surface area contributed by atoms with E-state index in [0.717, 1.165) is 25.7 Å². The van der Waals surface area contributed by atoms with E-state index >= 15 is 0 Å². The van der Waals surface area contributed by atoms with Crippen molar-refractivity contribution < 1.29 is 18.7 Å². The molecule has 1 unspecified atom stereocenters. The van der Waals surface area contributed by atoms with Gasteiger partial charge in [0.05, 0.1) is 11.5 Å². The van der Waals surface area contributed by atoms with Gasteiger partial charge in [0.15, 0.2) is 0 Å². The summed E-state index contributed by atoms with van der Waals surface area (Å²) in [5, 5.41) is 4.96. The Morgan fingerprint density at radius 1 is 1.21 bits per heavy atom. The van der Waals surface area contributed by atoms with Crippen molar-refractivity contribution in [3.63, 3.8) is 0 Å². The van der Waals surface area contributed by atoms with Crippen LogP contribution in [0.4, 0.5) is 4.39 Å². The van der Waals surface area contributed by atoms with Crippen LogP contribution in [0.3, 0.4) is 0 Å². The summed E-state index contributed by atoms with van der Waals surface area (Å²) in [5.74, 6) is -0.845. The Morgan fingerprint density at radius 2 is 1.93 bits per heavy atom. The van der Waals surface area contributed by atoms with Crippen molar-refractivity contribution in [1.29, 1.82) is 0 Å². The lowest BCUT2D eigenvalue weighted by molar-refractivity contribution is -0.127. The predicted octanol–water partition coefficient (Wildman–Crippen LogP) is 4.17. The van der Waals surface area contributed by atoms with E-state index < -0.39 is 6.04 Å². The third-order valence-electron chi connectivity index (χ3n) is 5.23. The number of thiophene rings is 1. The number of benzene rings is 1. The number of carbonyl (C=O) groups is 2. The van der Waals surface area contributed by atoms with Crippen molar-refractivity contribution in [2.45, 2.75) is 44.2 Å². The second kappa shape index (κ2) is 10.5. The van der Waals surface area contributed by atoms with E-state index in [4.69, 9.17) is 4.74 Å². The largest absolute Gasteiger partial charge is 0.383 e. The van der Waals surface area contributed by atoms with E-state index in [9.17, 15) is 14.0 Å². The molecule has 2 amide bonds. The number of amides is 2. The molecule has 156 valence electrons. The minimum absolute atomic E-state index is 0.111. The van der Waals surface area contributed by atoms with Crippen molar-refractivity contribution in [1.82, 2.24) is 10.2 Å². The van der Waals surface area contributed by atoms with E-state index in [0.29, 0.717) is 17.0 Å². The quantitative estimate of drug-likeness (QED) is 0.700. The fraction of sp³-hybridized carbons (Fsp3) is 0.455. The monoisotopic (exact) mass is 418 g/mol. The summed E-state index contributed by atoms with van der Waals surface area (Å²) < 4.78 is 18.7. The first-order chi connectivity index (χ1) is 14.1. The smallest absolute Gasteiger partial charge is 0.264 e. The molecule has 1 fully saturated rings. The van der Waals surface area contributed by atoms with Crippen LogP contribution < -0.4 is 5.32 Å². The number of halogens is 1. The number of hydrogen-bond donors (Lipinski definition) is 1. The zero-order valence-electron chi connectivity index (χ0n) is 16.6. The average molecular weight is 419 g/mol. The number of nitrogens with zero attached hydrogens (tertiary/aromatic N) is 1. The molecule has 1 heterocycles. The maximum Gasteiger partial charge on any atom is 0.264 e. The minimum Gasteiger partial charge on any atom is -0.383 e. The van der Waals surface area contributed by atoms with Gasteiger partial charge in [0.25, 0.3) is 5.91 Å². The molecule has 1 aromatic heterocycles. The summed E-state index contributed by atoms with van der Waals surface area (Å²) in [4.78, 5) is 28.6. The predicted molar refractivity (Wildman–Crippen MR) is 111 cm³/mol. The van der Waals surface area contributed by atoms with Crippen molar-refractivity contribution in [3.05, 3.63) is 58.0 Å². The summed E-state index contributed by atoms with van der Waals surface area (Å²) in [6, 6.07) is 8.60. The number of carbonyl (C=O) groups excluding carboxylic acids is 2. The fourth-order valence-electron chi connectivity index (χ4n) is 3.72. The summed E-state index contributed by atoms with van der Waals surface area (Å²) in [6.45, 7) is 0.554. The van der Waals surface area contributed by atoms with E-state index in [2.05, 4.69) is 5.32 Å². The SMILES string of the molecule is COCCN(C(=O)c1cccs1)C(C(=O)NC1CCCCC1)c1ccc(F)cc1. The summed E-state index contributed by atoms with van der Waals surface area (Å²) >= 11 is 1.33. The van der Waals surface area contributed by atoms with Gasteiger partial charge in [-0.15, -0.1) is 11.3 Å². The van der Waals surface area contributed by atoms with Crippen LogP contribution in [-0.4, -0.2) is 43.0 Å². The first-order valence-electron chi connectivity index (χ1n) is 9.99. The van der Waals surface area contributed by atoms with Crippen LogP contribution in [0, 0.1) is 5.82 Å². The molecule has 0 spiro atoms. The molecule has 0 aliphatic heterocycles. The number of rotatable bonds is 8. The third kappa shape index (κ3) is 5.64. The molecule has 5 nitrogen and oxygen atoms in total. The topological polar surface area (TPSA) is 58.6 Å². The maximum atomic E-state index is 13.5. The Bertz CT molecular complexity index is 789. The lowest BCUT2D eigenvalue weighted by Crippen LogP contribution is -2.47. The molecule has 29 heavy (non-hydrogen) atoms. The molecule has 2 aromatic rings. The minimum atomic E-state index is -0.845. The van der Waals surface area contributed by atoms with Gasteiger partial charge < -0.3 is 15.0 Å². The van der Waals surface area contributed by atoms with E-state index in [1.54, 1.807) is 31.4 Å². The molecule has 7 heteroatoms. The molecule has 1 aliphatic carbocycles. The molecule has 1 atom stereocenters. The molecule has 1 aliphatic rings. The molecule has 1 saturated carbocycles. The molecule has 0 saturated heterocycles. The Balaban J connectivity index is 1.92. The van der Waals surface area contributed by atoms with Crippen molar-refractivity contribution in [2.24, 2.45) is 0 Å². The van der Waals surface area contributed by atoms with Crippen LogP contribution in [0.15, 0.2) is 41.8 Å². The molecule has 0 radical (unpaired) electrons. The summed E-state index contributed by atoms with van der Waals surface area (Å²) in [7, 11) is 1.56. The van der Waals surface area contributed by atoms with Crippen LogP contribution in [-0.2, 0) is 9.53 Å². The highest BCUT2D eigenvalue weighted by atomic mass is 32.1. The zero-order valence-corrected chi connectivity index (χ0v) is 17.4.